The SMILES string of the molecule is CC1(C)OB(c2ccc([C@]3(N)C[C@@](O)(C4CC4)C3)cc2)OC1(C)C. The quantitative estimate of drug-likeness (QED) is 0.834. The Kier molecular flexibility index (Phi) is 3.35. The third-order valence-corrected chi connectivity index (χ3v) is 6.59. The number of aliphatic hydroxyl groups is 1. The Labute approximate surface area is 144 Å². The van der Waals surface area contributed by atoms with Gasteiger partial charge in [0.2, 0.25) is 0 Å². The molecule has 1 heterocycles. The average molecular weight is 329 g/mol. The summed E-state index contributed by atoms with van der Waals surface area (Å²) in [6, 6.07) is 8.21. The van der Waals surface area contributed by atoms with Crippen molar-refractivity contribution in [2.75, 3.05) is 0 Å². The van der Waals surface area contributed by atoms with Gasteiger partial charge in [-0.05, 0) is 70.3 Å². The van der Waals surface area contributed by atoms with Crippen molar-refractivity contribution in [2.45, 2.75) is 75.7 Å². The fourth-order valence-electron chi connectivity index (χ4n) is 4.11. The van der Waals surface area contributed by atoms with Crippen molar-refractivity contribution in [1.82, 2.24) is 0 Å². The van der Waals surface area contributed by atoms with Gasteiger partial charge in [0.1, 0.15) is 0 Å². The molecule has 130 valence electrons. The third kappa shape index (κ3) is 2.45. The van der Waals surface area contributed by atoms with E-state index >= 15 is 0 Å². The smallest absolute Gasteiger partial charge is 0.399 e. The summed E-state index contributed by atoms with van der Waals surface area (Å²) >= 11 is 0. The number of nitrogens with two attached hydrogens (primary N) is 1. The Balaban J connectivity index is 1.48. The molecule has 0 spiro atoms. The van der Waals surface area contributed by atoms with Crippen LogP contribution in [0.25, 0.3) is 0 Å². The van der Waals surface area contributed by atoms with E-state index in [2.05, 4.69) is 39.8 Å². The summed E-state index contributed by atoms with van der Waals surface area (Å²) in [6.45, 7) is 8.24. The minimum atomic E-state index is -0.529. The molecular formula is C19H28BNO3. The van der Waals surface area contributed by atoms with Gasteiger partial charge in [-0.3, -0.25) is 0 Å². The zero-order valence-electron chi connectivity index (χ0n) is 15.1. The molecule has 0 atom stereocenters. The fraction of sp³-hybridized carbons (Fsp3) is 0.684. The lowest BCUT2D eigenvalue weighted by Gasteiger charge is -2.52. The van der Waals surface area contributed by atoms with Crippen molar-refractivity contribution in [3.8, 4) is 0 Å². The van der Waals surface area contributed by atoms with E-state index in [1.807, 2.05) is 12.1 Å². The number of benzene rings is 1. The lowest BCUT2D eigenvalue weighted by atomic mass is 9.60. The van der Waals surface area contributed by atoms with Crippen LogP contribution in [0.4, 0.5) is 0 Å². The standard InChI is InChI=1S/C19H28BNO3/c1-16(2)17(3,4)24-20(23-16)15-9-7-13(8-10-15)18(21)11-19(22,12-18)14-5-6-14/h7-10,14,22H,5-6,11-12,21H2,1-4H3/t18-,19-. The molecule has 0 bridgehead atoms. The van der Waals surface area contributed by atoms with Crippen molar-refractivity contribution in [3.63, 3.8) is 0 Å². The minimum absolute atomic E-state index is 0.333. The number of hydrogen-bond acceptors (Lipinski definition) is 4. The number of rotatable bonds is 3. The molecule has 2 saturated carbocycles. The van der Waals surface area contributed by atoms with E-state index in [4.69, 9.17) is 15.0 Å². The Morgan fingerprint density at radius 2 is 1.50 bits per heavy atom. The molecule has 2 aliphatic carbocycles. The largest absolute Gasteiger partial charge is 0.494 e. The fourth-order valence-corrected chi connectivity index (χ4v) is 4.11. The van der Waals surface area contributed by atoms with Crippen LogP contribution in [0.15, 0.2) is 24.3 Å². The van der Waals surface area contributed by atoms with Crippen LogP contribution in [0.2, 0.25) is 0 Å². The second-order valence-corrected chi connectivity index (χ2v) is 9.10. The molecule has 0 radical (unpaired) electrons. The molecular weight excluding hydrogens is 301 g/mol. The molecule has 3 fully saturated rings. The second kappa shape index (κ2) is 4.85. The summed E-state index contributed by atoms with van der Waals surface area (Å²) in [4.78, 5) is 0. The van der Waals surface area contributed by atoms with Gasteiger partial charge in [0, 0.05) is 5.54 Å². The van der Waals surface area contributed by atoms with Gasteiger partial charge in [-0.2, -0.15) is 0 Å². The van der Waals surface area contributed by atoms with E-state index in [9.17, 15) is 5.11 Å². The third-order valence-electron chi connectivity index (χ3n) is 6.59. The highest BCUT2D eigenvalue weighted by Crippen LogP contribution is 2.56. The Bertz CT molecular complexity index is 629. The van der Waals surface area contributed by atoms with Crippen molar-refractivity contribution in [1.29, 1.82) is 0 Å². The van der Waals surface area contributed by atoms with Gasteiger partial charge < -0.3 is 20.1 Å². The molecule has 4 nitrogen and oxygen atoms in total. The first kappa shape index (κ1) is 16.6. The summed E-state index contributed by atoms with van der Waals surface area (Å²) < 4.78 is 12.2. The maximum atomic E-state index is 10.6. The lowest BCUT2D eigenvalue weighted by Crippen LogP contribution is -2.60. The summed E-state index contributed by atoms with van der Waals surface area (Å²) in [7, 11) is -0.345. The second-order valence-electron chi connectivity index (χ2n) is 9.10. The molecule has 5 heteroatoms. The Hall–Kier alpha value is -0.875. The van der Waals surface area contributed by atoms with Crippen LogP contribution in [0.3, 0.4) is 0 Å². The molecule has 1 saturated heterocycles. The summed E-state index contributed by atoms with van der Waals surface area (Å²) in [5, 5.41) is 10.6. The number of hydrogen-bond donors (Lipinski definition) is 2. The zero-order valence-corrected chi connectivity index (χ0v) is 15.1. The van der Waals surface area contributed by atoms with Crippen LogP contribution in [0.5, 0.6) is 0 Å². The highest BCUT2D eigenvalue weighted by molar-refractivity contribution is 6.62. The Morgan fingerprint density at radius 1 is 1.00 bits per heavy atom. The molecule has 1 aliphatic heterocycles. The van der Waals surface area contributed by atoms with Gasteiger partial charge >= 0.3 is 7.12 Å². The topological polar surface area (TPSA) is 64.7 Å². The summed E-state index contributed by atoms with van der Waals surface area (Å²) in [5.41, 5.74) is 7.04. The van der Waals surface area contributed by atoms with E-state index in [1.54, 1.807) is 0 Å². The molecule has 1 aromatic rings. The molecule has 1 aromatic carbocycles. The van der Waals surface area contributed by atoms with Gasteiger partial charge in [-0.15, -0.1) is 0 Å². The van der Waals surface area contributed by atoms with Crippen LogP contribution < -0.4 is 11.2 Å². The van der Waals surface area contributed by atoms with Crippen LogP contribution >= 0.6 is 0 Å². The lowest BCUT2D eigenvalue weighted by molar-refractivity contribution is -0.106. The van der Waals surface area contributed by atoms with E-state index in [0.717, 1.165) is 23.9 Å². The first-order valence-corrected chi connectivity index (χ1v) is 9.02. The van der Waals surface area contributed by atoms with Crippen LogP contribution in [0.1, 0.15) is 58.9 Å². The van der Waals surface area contributed by atoms with Crippen molar-refractivity contribution in [2.24, 2.45) is 11.7 Å². The molecule has 24 heavy (non-hydrogen) atoms. The van der Waals surface area contributed by atoms with Crippen molar-refractivity contribution in [3.05, 3.63) is 29.8 Å². The van der Waals surface area contributed by atoms with E-state index in [0.29, 0.717) is 18.8 Å². The maximum Gasteiger partial charge on any atom is 0.494 e. The molecule has 0 aromatic heterocycles. The first-order chi connectivity index (χ1) is 11.0. The van der Waals surface area contributed by atoms with E-state index in [-0.39, 0.29) is 18.3 Å². The molecule has 0 amide bonds. The summed E-state index contributed by atoms with van der Waals surface area (Å²) in [5.74, 6) is 0.471. The summed E-state index contributed by atoms with van der Waals surface area (Å²) in [6.07, 6.45) is 3.63. The van der Waals surface area contributed by atoms with Gasteiger partial charge in [0.15, 0.2) is 0 Å². The predicted molar refractivity (Wildman–Crippen MR) is 94.9 cm³/mol. The maximum absolute atomic E-state index is 10.6. The van der Waals surface area contributed by atoms with Gasteiger partial charge in [0.05, 0.1) is 16.8 Å². The van der Waals surface area contributed by atoms with Gasteiger partial charge in [0.25, 0.3) is 0 Å². The predicted octanol–water partition coefficient (Wildman–Crippen LogP) is 2.07. The first-order valence-electron chi connectivity index (χ1n) is 9.02. The molecule has 0 unspecified atom stereocenters. The molecule has 3 N–H and O–H groups in total. The highest BCUT2D eigenvalue weighted by Gasteiger charge is 2.59. The molecule has 4 rings (SSSR count). The van der Waals surface area contributed by atoms with Gasteiger partial charge in [-0.25, -0.2) is 0 Å². The molecule has 3 aliphatic rings. The average Bonchev–Trinajstić information content (AvgIpc) is 3.26. The monoisotopic (exact) mass is 329 g/mol. The van der Waals surface area contributed by atoms with Crippen LogP contribution in [-0.4, -0.2) is 29.0 Å². The Morgan fingerprint density at radius 3 is 1.96 bits per heavy atom. The van der Waals surface area contributed by atoms with Gasteiger partial charge in [-0.1, -0.05) is 24.3 Å². The zero-order chi connectivity index (χ0) is 17.4. The van der Waals surface area contributed by atoms with E-state index < -0.39 is 11.1 Å². The van der Waals surface area contributed by atoms with Crippen molar-refractivity contribution >= 4 is 12.6 Å². The van der Waals surface area contributed by atoms with E-state index in [1.165, 1.54) is 0 Å². The van der Waals surface area contributed by atoms with Crippen molar-refractivity contribution < 1.29 is 14.4 Å². The normalized spacial score (nSPS) is 37.3. The van der Waals surface area contributed by atoms with Crippen LogP contribution in [-0.2, 0) is 14.8 Å². The minimum Gasteiger partial charge on any atom is -0.399 e. The van der Waals surface area contributed by atoms with Crippen LogP contribution in [0, 0.1) is 5.92 Å². The highest BCUT2D eigenvalue weighted by atomic mass is 16.7.